The fourth-order valence-electron chi connectivity index (χ4n) is 2.53. The van der Waals surface area contributed by atoms with E-state index < -0.39 is 0 Å². The van der Waals surface area contributed by atoms with E-state index in [2.05, 4.69) is 20.5 Å². The maximum absolute atomic E-state index is 11.4. The molecule has 2 aromatic heterocycles. The van der Waals surface area contributed by atoms with Crippen LogP contribution in [0, 0.1) is 10.1 Å². The highest BCUT2D eigenvalue weighted by Crippen LogP contribution is 2.32. The van der Waals surface area contributed by atoms with Gasteiger partial charge in [-0.1, -0.05) is 6.92 Å². The Morgan fingerprint density at radius 2 is 2.22 bits per heavy atom. The Bertz CT molecular complexity index is 845. The van der Waals surface area contributed by atoms with Crippen molar-refractivity contribution in [2.75, 3.05) is 11.9 Å². The summed E-state index contributed by atoms with van der Waals surface area (Å²) in [7, 11) is 0. The smallest absolute Gasteiger partial charge is 0.301 e. The van der Waals surface area contributed by atoms with Gasteiger partial charge in [0.15, 0.2) is 0 Å². The van der Waals surface area contributed by atoms with E-state index in [-0.39, 0.29) is 10.6 Å². The van der Waals surface area contributed by atoms with Crippen molar-refractivity contribution < 1.29 is 4.92 Å². The van der Waals surface area contributed by atoms with Crippen LogP contribution in [-0.4, -0.2) is 31.2 Å². The fourth-order valence-corrected chi connectivity index (χ4v) is 2.53. The zero-order valence-corrected chi connectivity index (χ0v) is 12.6. The van der Waals surface area contributed by atoms with E-state index in [0.717, 1.165) is 12.2 Å². The topological polar surface area (TPSA) is 98.8 Å². The van der Waals surface area contributed by atoms with Gasteiger partial charge in [0, 0.05) is 25.7 Å². The molecule has 0 aliphatic carbocycles. The van der Waals surface area contributed by atoms with Gasteiger partial charge in [-0.3, -0.25) is 15.1 Å². The number of nitro benzene ring substituents is 1. The van der Waals surface area contributed by atoms with Crippen LogP contribution in [0.3, 0.4) is 0 Å². The first-order valence-corrected chi connectivity index (χ1v) is 7.33. The van der Waals surface area contributed by atoms with Crippen molar-refractivity contribution in [2.24, 2.45) is 0 Å². The summed E-state index contributed by atoms with van der Waals surface area (Å²) < 4.78 is 1.93. The summed E-state index contributed by atoms with van der Waals surface area (Å²) in [6.45, 7) is 3.19. The third-order valence-electron chi connectivity index (χ3n) is 3.62. The second-order valence-electron chi connectivity index (χ2n) is 5.01. The summed E-state index contributed by atoms with van der Waals surface area (Å²) in [5, 5.41) is 23.0. The number of nitrogens with one attached hydrogen (secondary N) is 1. The Morgan fingerprint density at radius 1 is 1.35 bits per heavy atom. The second-order valence-corrected chi connectivity index (χ2v) is 5.01. The summed E-state index contributed by atoms with van der Waals surface area (Å²) in [5.74, 6) is 0.893. The Kier molecular flexibility index (Phi) is 4.13. The highest BCUT2D eigenvalue weighted by atomic mass is 16.6. The summed E-state index contributed by atoms with van der Waals surface area (Å²) in [6.07, 6.45) is 4.08. The van der Waals surface area contributed by atoms with Gasteiger partial charge in [0.25, 0.3) is 0 Å². The first-order valence-electron chi connectivity index (χ1n) is 7.33. The van der Waals surface area contributed by atoms with Crippen LogP contribution in [0.1, 0.15) is 12.7 Å². The van der Waals surface area contributed by atoms with Crippen LogP contribution in [0.2, 0.25) is 0 Å². The van der Waals surface area contributed by atoms with Gasteiger partial charge in [-0.2, -0.15) is 0 Å². The number of anilines is 1. The molecule has 0 fully saturated rings. The number of rotatable bonds is 6. The van der Waals surface area contributed by atoms with Gasteiger partial charge in [0.2, 0.25) is 0 Å². The van der Waals surface area contributed by atoms with Gasteiger partial charge in [0.1, 0.15) is 17.8 Å². The second kappa shape index (κ2) is 6.39. The number of nitro groups is 1. The lowest BCUT2D eigenvalue weighted by Crippen LogP contribution is -2.13. The standard InChI is InChI=1S/C15H16N6O2/c1-2-14-19-18-10-20(14)9-8-17-13-6-5-12-11(4-3-7-16-12)15(13)21(22)23/h3-7,10,17H,2,8-9H2,1H3. The van der Waals surface area contributed by atoms with Crippen molar-refractivity contribution >= 4 is 22.3 Å². The van der Waals surface area contributed by atoms with E-state index >= 15 is 0 Å². The Balaban J connectivity index is 1.82. The van der Waals surface area contributed by atoms with Crippen molar-refractivity contribution in [1.29, 1.82) is 0 Å². The van der Waals surface area contributed by atoms with Crippen molar-refractivity contribution in [3.05, 3.63) is 52.7 Å². The monoisotopic (exact) mass is 312 g/mol. The van der Waals surface area contributed by atoms with Crippen molar-refractivity contribution in [3.63, 3.8) is 0 Å². The normalized spacial score (nSPS) is 10.8. The third-order valence-corrected chi connectivity index (χ3v) is 3.62. The molecule has 0 bridgehead atoms. The molecule has 0 spiro atoms. The quantitative estimate of drug-likeness (QED) is 0.554. The van der Waals surface area contributed by atoms with E-state index in [1.165, 1.54) is 0 Å². The molecule has 0 saturated carbocycles. The molecule has 8 heteroatoms. The zero-order chi connectivity index (χ0) is 16.2. The van der Waals surface area contributed by atoms with Crippen molar-refractivity contribution in [2.45, 2.75) is 19.9 Å². The Labute approximate surface area is 132 Å². The molecule has 0 aliphatic heterocycles. The first-order chi connectivity index (χ1) is 11.2. The largest absolute Gasteiger partial charge is 0.378 e. The minimum Gasteiger partial charge on any atom is -0.378 e. The lowest BCUT2D eigenvalue weighted by Gasteiger charge is -2.10. The highest BCUT2D eigenvalue weighted by molar-refractivity contribution is 5.94. The molecule has 3 aromatic rings. The van der Waals surface area contributed by atoms with Gasteiger partial charge in [-0.15, -0.1) is 10.2 Å². The lowest BCUT2D eigenvalue weighted by molar-refractivity contribution is -0.382. The molecular formula is C15H16N6O2. The fraction of sp³-hybridized carbons (Fsp3) is 0.267. The van der Waals surface area contributed by atoms with Crippen LogP contribution in [0.25, 0.3) is 10.9 Å². The molecular weight excluding hydrogens is 296 g/mol. The molecule has 0 amide bonds. The summed E-state index contributed by atoms with van der Waals surface area (Å²) in [5.41, 5.74) is 1.15. The summed E-state index contributed by atoms with van der Waals surface area (Å²) >= 11 is 0. The molecule has 118 valence electrons. The number of hydrogen-bond donors (Lipinski definition) is 1. The maximum atomic E-state index is 11.4. The highest BCUT2D eigenvalue weighted by Gasteiger charge is 2.18. The molecule has 0 aliphatic rings. The molecule has 0 atom stereocenters. The molecule has 23 heavy (non-hydrogen) atoms. The average molecular weight is 312 g/mol. The molecule has 0 unspecified atom stereocenters. The average Bonchev–Trinajstić information content (AvgIpc) is 3.01. The minimum atomic E-state index is -0.372. The third kappa shape index (κ3) is 2.96. The van der Waals surface area contributed by atoms with Crippen LogP contribution >= 0.6 is 0 Å². The predicted octanol–water partition coefficient (Wildman–Crippen LogP) is 2.41. The Hall–Kier alpha value is -3.03. The van der Waals surface area contributed by atoms with Crippen molar-refractivity contribution in [1.82, 2.24) is 19.7 Å². The SMILES string of the molecule is CCc1nncn1CCNc1ccc2ncccc2c1[N+](=O)[O-]. The molecule has 3 rings (SSSR count). The summed E-state index contributed by atoms with van der Waals surface area (Å²) in [4.78, 5) is 15.2. The van der Waals surface area contributed by atoms with Crippen molar-refractivity contribution in [3.8, 4) is 0 Å². The number of aryl methyl sites for hydroxylation is 1. The molecule has 1 aromatic carbocycles. The van der Waals surface area contributed by atoms with Crippen LogP contribution in [0.5, 0.6) is 0 Å². The lowest BCUT2D eigenvalue weighted by atomic mass is 10.1. The zero-order valence-electron chi connectivity index (χ0n) is 12.6. The predicted molar refractivity (Wildman–Crippen MR) is 86.3 cm³/mol. The number of nitrogens with zero attached hydrogens (tertiary/aromatic N) is 5. The van der Waals surface area contributed by atoms with E-state index in [4.69, 9.17) is 0 Å². The molecule has 2 heterocycles. The van der Waals surface area contributed by atoms with E-state index in [9.17, 15) is 10.1 Å². The molecule has 8 nitrogen and oxygen atoms in total. The van der Waals surface area contributed by atoms with Crippen LogP contribution in [0.4, 0.5) is 11.4 Å². The number of benzene rings is 1. The minimum absolute atomic E-state index is 0.0510. The summed E-state index contributed by atoms with van der Waals surface area (Å²) in [6, 6.07) is 6.88. The van der Waals surface area contributed by atoms with Crippen LogP contribution in [0.15, 0.2) is 36.8 Å². The first kappa shape index (κ1) is 14.9. The molecule has 0 radical (unpaired) electrons. The molecule has 1 N–H and O–H groups in total. The van der Waals surface area contributed by atoms with Gasteiger partial charge in [-0.25, -0.2) is 0 Å². The van der Waals surface area contributed by atoms with E-state index in [0.29, 0.717) is 29.7 Å². The van der Waals surface area contributed by atoms with Gasteiger partial charge in [0.05, 0.1) is 15.8 Å². The Morgan fingerprint density at radius 3 is 3.00 bits per heavy atom. The van der Waals surface area contributed by atoms with E-state index in [1.54, 1.807) is 36.8 Å². The number of hydrogen-bond acceptors (Lipinski definition) is 6. The number of pyridine rings is 1. The molecule has 0 saturated heterocycles. The number of fused-ring (bicyclic) bond motifs is 1. The van der Waals surface area contributed by atoms with Crippen LogP contribution in [-0.2, 0) is 13.0 Å². The van der Waals surface area contributed by atoms with E-state index in [1.807, 2.05) is 11.5 Å². The maximum Gasteiger partial charge on any atom is 0.301 e. The van der Waals surface area contributed by atoms with Crippen LogP contribution < -0.4 is 5.32 Å². The van der Waals surface area contributed by atoms with Gasteiger partial charge >= 0.3 is 5.69 Å². The number of aromatic nitrogens is 4. The van der Waals surface area contributed by atoms with Gasteiger partial charge in [-0.05, 0) is 24.3 Å². The van der Waals surface area contributed by atoms with Gasteiger partial charge < -0.3 is 9.88 Å².